The number of thiazole rings is 1. The first-order chi connectivity index (χ1) is 6.19. The minimum Gasteiger partial charge on any atom is -0.461 e. The number of hydrogen-bond donors (Lipinski definition) is 0. The van der Waals surface area contributed by atoms with Gasteiger partial charge in [-0.25, -0.2) is 9.78 Å². The fourth-order valence-electron chi connectivity index (χ4n) is 0.726. The molecule has 0 saturated carbocycles. The van der Waals surface area contributed by atoms with Gasteiger partial charge in [0, 0.05) is 0 Å². The van der Waals surface area contributed by atoms with E-state index in [1.807, 2.05) is 0 Å². The van der Waals surface area contributed by atoms with Gasteiger partial charge in [0.25, 0.3) is 0 Å². The number of nitrogens with zero attached hydrogens (tertiary/aromatic N) is 1. The molecule has 6 heteroatoms. The fraction of sp³-hybridized carbons (Fsp3) is 0.429. The third kappa shape index (κ3) is 2.65. The van der Waals surface area contributed by atoms with Gasteiger partial charge in [-0.3, -0.25) is 0 Å². The normalized spacial score (nSPS) is 10.1. The molecule has 1 heterocycles. The highest BCUT2D eigenvalue weighted by molar-refractivity contribution is 9.08. The van der Waals surface area contributed by atoms with Gasteiger partial charge in [-0.2, -0.15) is 0 Å². The van der Waals surface area contributed by atoms with Gasteiger partial charge in [-0.15, -0.1) is 11.3 Å². The van der Waals surface area contributed by atoms with Crippen LogP contribution in [0.25, 0.3) is 0 Å². The van der Waals surface area contributed by atoms with E-state index in [1.165, 1.54) is 11.3 Å². The Morgan fingerprint density at radius 1 is 1.77 bits per heavy atom. The van der Waals surface area contributed by atoms with Crippen LogP contribution in [0.15, 0.2) is 0 Å². The van der Waals surface area contributed by atoms with Gasteiger partial charge in [0.1, 0.15) is 9.34 Å². The van der Waals surface area contributed by atoms with E-state index in [-0.39, 0.29) is 5.69 Å². The monoisotopic (exact) mass is 283 g/mol. The van der Waals surface area contributed by atoms with E-state index in [9.17, 15) is 4.79 Å². The van der Waals surface area contributed by atoms with Crippen molar-refractivity contribution in [3.05, 3.63) is 15.0 Å². The standard InChI is InChI=1S/C7H7BrClNO2S/c1-2-12-7(11)5-6(9)13-4(3-8)10-5/h2-3H2,1H3. The van der Waals surface area contributed by atoms with Gasteiger partial charge in [0.2, 0.25) is 0 Å². The molecule has 13 heavy (non-hydrogen) atoms. The second-order valence-electron chi connectivity index (χ2n) is 2.08. The lowest BCUT2D eigenvalue weighted by atomic mass is 10.5. The molecule has 0 N–H and O–H groups in total. The molecule has 0 radical (unpaired) electrons. The third-order valence-electron chi connectivity index (χ3n) is 1.21. The van der Waals surface area contributed by atoms with Crippen molar-refractivity contribution in [1.29, 1.82) is 0 Å². The SMILES string of the molecule is CCOC(=O)c1nc(CBr)sc1Cl. The number of rotatable bonds is 3. The highest BCUT2D eigenvalue weighted by Gasteiger charge is 2.17. The van der Waals surface area contributed by atoms with Crippen molar-refractivity contribution in [2.24, 2.45) is 0 Å². The number of ether oxygens (including phenoxy) is 1. The van der Waals surface area contributed by atoms with Gasteiger partial charge < -0.3 is 4.74 Å². The Balaban J connectivity index is 2.87. The van der Waals surface area contributed by atoms with Crippen molar-refractivity contribution in [3.8, 4) is 0 Å². The fourth-order valence-corrected chi connectivity index (χ4v) is 2.21. The Labute approximate surface area is 93.2 Å². The maximum absolute atomic E-state index is 11.2. The molecule has 0 saturated heterocycles. The zero-order valence-corrected chi connectivity index (χ0v) is 10.0. The molecular weight excluding hydrogens is 278 g/mol. The number of carbonyl (C=O) groups excluding carboxylic acids is 1. The van der Waals surface area contributed by atoms with Crippen LogP contribution in [0.1, 0.15) is 22.4 Å². The minimum atomic E-state index is -0.462. The molecule has 0 fully saturated rings. The van der Waals surface area contributed by atoms with Crippen molar-refractivity contribution in [3.63, 3.8) is 0 Å². The summed E-state index contributed by atoms with van der Waals surface area (Å²) in [6.45, 7) is 2.07. The Morgan fingerprint density at radius 2 is 2.46 bits per heavy atom. The second kappa shape index (κ2) is 4.93. The Morgan fingerprint density at radius 3 is 2.92 bits per heavy atom. The molecular formula is C7H7BrClNO2S. The van der Waals surface area contributed by atoms with E-state index in [0.717, 1.165) is 5.01 Å². The van der Waals surface area contributed by atoms with Crippen LogP contribution in [0.3, 0.4) is 0 Å². The van der Waals surface area contributed by atoms with Crippen LogP contribution in [-0.2, 0) is 10.1 Å². The van der Waals surface area contributed by atoms with Crippen LogP contribution in [0.4, 0.5) is 0 Å². The molecule has 0 unspecified atom stereocenters. The lowest BCUT2D eigenvalue weighted by molar-refractivity contribution is 0.0520. The average Bonchev–Trinajstić information content (AvgIpc) is 2.47. The molecule has 0 aliphatic rings. The van der Waals surface area contributed by atoms with Crippen LogP contribution < -0.4 is 0 Å². The predicted molar refractivity (Wildman–Crippen MR) is 55.7 cm³/mol. The largest absolute Gasteiger partial charge is 0.461 e. The van der Waals surface area contributed by atoms with E-state index >= 15 is 0 Å². The molecule has 3 nitrogen and oxygen atoms in total. The molecule has 1 aromatic rings. The Hall–Kier alpha value is -0.130. The zero-order chi connectivity index (χ0) is 9.84. The van der Waals surface area contributed by atoms with E-state index < -0.39 is 5.97 Å². The van der Waals surface area contributed by atoms with E-state index in [1.54, 1.807) is 6.92 Å². The average molecular weight is 285 g/mol. The molecule has 1 rings (SSSR count). The molecule has 72 valence electrons. The maximum Gasteiger partial charge on any atom is 0.359 e. The van der Waals surface area contributed by atoms with Crippen molar-refractivity contribution >= 4 is 44.8 Å². The Bertz CT molecular complexity index is 315. The van der Waals surface area contributed by atoms with Crippen LogP contribution in [0.5, 0.6) is 0 Å². The summed E-state index contributed by atoms with van der Waals surface area (Å²) in [5, 5.41) is 1.37. The molecule has 0 spiro atoms. The molecule has 0 atom stereocenters. The molecule has 1 aromatic heterocycles. The lowest BCUT2D eigenvalue weighted by Crippen LogP contribution is -2.05. The van der Waals surface area contributed by atoms with E-state index in [2.05, 4.69) is 20.9 Å². The van der Waals surface area contributed by atoms with Gasteiger partial charge in [-0.05, 0) is 6.92 Å². The van der Waals surface area contributed by atoms with Crippen LogP contribution in [-0.4, -0.2) is 17.6 Å². The lowest BCUT2D eigenvalue weighted by Gasteiger charge is -1.96. The smallest absolute Gasteiger partial charge is 0.359 e. The number of esters is 1. The minimum absolute atomic E-state index is 0.211. The topological polar surface area (TPSA) is 39.2 Å². The summed E-state index contributed by atoms with van der Waals surface area (Å²) in [6.07, 6.45) is 0. The van der Waals surface area contributed by atoms with Crippen molar-refractivity contribution in [2.75, 3.05) is 6.61 Å². The molecule has 0 bridgehead atoms. The zero-order valence-electron chi connectivity index (χ0n) is 6.84. The highest BCUT2D eigenvalue weighted by Crippen LogP contribution is 2.26. The summed E-state index contributed by atoms with van der Waals surface area (Å²) in [4.78, 5) is 15.2. The number of halogens is 2. The number of carbonyl (C=O) groups is 1. The summed E-state index contributed by atoms with van der Waals surface area (Å²) < 4.78 is 5.15. The van der Waals surface area contributed by atoms with Crippen molar-refractivity contribution in [2.45, 2.75) is 12.3 Å². The van der Waals surface area contributed by atoms with Gasteiger partial charge >= 0.3 is 5.97 Å². The summed E-state index contributed by atoms with van der Waals surface area (Å²) >= 11 is 10.3. The molecule has 0 aliphatic carbocycles. The van der Waals surface area contributed by atoms with Crippen LogP contribution in [0.2, 0.25) is 4.34 Å². The van der Waals surface area contributed by atoms with Crippen molar-refractivity contribution in [1.82, 2.24) is 4.98 Å². The summed E-state index contributed by atoms with van der Waals surface area (Å²) in [7, 11) is 0. The molecule has 0 aliphatic heterocycles. The summed E-state index contributed by atoms with van der Waals surface area (Å²) in [5.41, 5.74) is 0.211. The van der Waals surface area contributed by atoms with Gasteiger partial charge in [0.05, 0.1) is 11.9 Å². The number of hydrogen-bond acceptors (Lipinski definition) is 4. The van der Waals surface area contributed by atoms with Crippen LogP contribution >= 0.6 is 38.9 Å². The first-order valence-corrected chi connectivity index (χ1v) is 5.89. The van der Waals surface area contributed by atoms with Crippen LogP contribution in [0, 0.1) is 0 Å². The number of aromatic nitrogens is 1. The Kier molecular flexibility index (Phi) is 4.15. The van der Waals surface area contributed by atoms with E-state index in [4.69, 9.17) is 16.3 Å². The number of alkyl halides is 1. The highest BCUT2D eigenvalue weighted by atomic mass is 79.9. The van der Waals surface area contributed by atoms with Crippen molar-refractivity contribution < 1.29 is 9.53 Å². The second-order valence-corrected chi connectivity index (χ2v) is 4.33. The predicted octanol–water partition coefficient (Wildman–Crippen LogP) is 2.87. The van der Waals surface area contributed by atoms with Gasteiger partial charge in [0.15, 0.2) is 5.69 Å². The van der Waals surface area contributed by atoms with Gasteiger partial charge in [-0.1, -0.05) is 27.5 Å². The van der Waals surface area contributed by atoms with E-state index in [0.29, 0.717) is 16.3 Å². The molecule has 0 aromatic carbocycles. The first-order valence-electron chi connectivity index (χ1n) is 3.57. The maximum atomic E-state index is 11.2. The summed E-state index contributed by atoms with van der Waals surface area (Å²) in [5.74, 6) is -0.462. The third-order valence-corrected chi connectivity index (χ3v) is 3.37. The quantitative estimate of drug-likeness (QED) is 0.633. The molecule has 0 amide bonds. The summed E-state index contributed by atoms with van der Waals surface area (Å²) in [6, 6.07) is 0. The first kappa shape index (κ1) is 10.9.